The SMILES string of the molecule is CCc1oc2ccccc2c1CN1CCC2(CCNCC2)C1.Cl. The van der Waals surface area contributed by atoms with Gasteiger partial charge in [-0.1, -0.05) is 25.1 Å². The van der Waals surface area contributed by atoms with Crippen LogP contribution in [0.2, 0.25) is 0 Å². The van der Waals surface area contributed by atoms with Gasteiger partial charge in [-0.25, -0.2) is 0 Å². The maximum atomic E-state index is 6.06. The first-order valence-corrected chi connectivity index (χ1v) is 8.72. The Morgan fingerprint density at radius 3 is 2.74 bits per heavy atom. The van der Waals surface area contributed by atoms with Crippen molar-refractivity contribution in [2.45, 2.75) is 39.2 Å². The maximum Gasteiger partial charge on any atom is 0.134 e. The van der Waals surface area contributed by atoms with Gasteiger partial charge in [0.1, 0.15) is 11.3 Å². The largest absolute Gasteiger partial charge is 0.461 e. The fourth-order valence-corrected chi connectivity index (χ4v) is 4.36. The number of fused-ring (bicyclic) bond motifs is 1. The molecule has 1 aromatic heterocycles. The summed E-state index contributed by atoms with van der Waals surface area (Å²) in [6, 6.07) is 8.49. The van der Waals surface area contributed by atoms with Gasteiger partial charge in [0, 0.05) is 30.5 Å². The molecule has 3 nitrogen and oxygen atoms in total. The fourth-order valence-electron chi connectivity index (χ4n) is 4.36. The van der Waals surface area contributed by atoms with Crippen molar-refractivity contribution in [3.63, 3.8) is 0 Å². The lowest BCUT2D eigenvalue weighted by atomic mass is 9.78. The van der Waals surface area contributed by atoms with Crippen molar-refractivity contribution in [1.82, 2.24) is 10.2 Å². The zero-order chi connectivity index (χ0) is 15.0. The Bertz CT molecular complexity index is 660. The van der Waals surface area contributed by atoms with Crippen LogP contribution in [0.15, 0.2) is 28.7 Å². The molecular formula is C19H27ClN2O. The van der Waals surface area contributed by atoms with E-state index in [4.69, 9.17) is 4.42 Å². The van der Waals surface area contributed by atoms with Crippen molar-refractivity contribution in [1.29, 1.82) is 0 Å². The van der Waals surface area contributed by atoms with Crippen molar-refractivity contribution in [2.24, 2.45) is 5.41 Å². The molecule has 4 heteroatoms. The number of hydrogen-bond acceptors (Lipinski definition) is 3. The molecule has 0 atom stereocenters. The average molecular weight is 335 g/mol. The molecule has 0 unspecified atom stereocenters. The Morgan fingerprint density at radius 2 is 1.96 bits per heavy atom. The lowest BCUT2D eigenvalue weighted by Crippen LogP contribution is -2.38. The number of piperidine rings is 1. The lowest BCUT2D eigenvalue weighted by Gasteiger charge is -2.33. The van der Waals surface area contributed by atoms with Gasteiger partial charge >= 0.3 is 0 Å². The summed E-state index contributed by atoms with van der Waals surface area (Å²) in [5.41, 5.74) is 3.05. The second-order valence-electron chi connectivity index (χ2n) is 7.06. The molecule has 23 heavy (non-hydrogen) atoms. The summed E-state index contributed by atoms with van der Waals surface area (Å²) in [7, 11) is 0. The van der Waals surface area contributed by atoms with Crippen molar-refractivity contribution in [2.75, 3.05) is 26.2 Å². The molecule has 1 N–H and O–H groups in total. The number of benzene rings is 1. The van der Waals surface area contributed by atoms with Gasteiger partial charge in [0.2, 0.25) is 0 Å². The Hall–Kier alpha value is -1.03. The van der Waals surface area contributed by atoms with Gasteiger partial charge in [0.15, 0.2) is 0 Å². The summed E-state index contributed by atoms with van der Waals surface area (Å²) in [6.07, 6.45) is 5.03. The smallest absolute Gasteiger partial charge is 0.134 e. The highest BCUT2D eigenvalue weighted by Crippen LogP contribution is 2.40. The molecule has 2 aliphatic heterocycles. The molecule has 2 aliphatic rings. The van der Waals surface area contributed by atoms with Gasteiger partial charge in [0.05, 0.1) is 0 Å². The molecule has 2 saturated heterocycles. The van der Waals surface area contributed by atoms with E-state index in [1.54, 1.807) is 0 Å². The van der Waals surface area contributed by atoms with Crippen molar-refractivity contribution < 1.29 is 4.42 Å². The predicted molar refractivity (Wildman–Crippen MR) is 97.3 cm³/mol. The summed E-state index contributed by atoms with van der Waals surface area (Å²) in [5.74, 6) is 1.17. The number of hydrogen-bond donors (Lipinski definition) is 1. The summed E-state index contributed by atoms with van der Waals surface area (Å²) in [6.45, 7) is 8.14. The van der Waals surface area contributed by atoms with Gasteiger partial charge in [-0.15, -0.1) is 12.4 Å². The zero-order valence-corrected chi connectivity index (χ0v) is 14.8. The molecule has 0 aliphatic carbocycles. The van der Waals surface area contributed by atoms with Crippen molar-refractivity contribution in [3.8, 4) is 0 Å². The quantitative estimate of drug-likeness (QED) is 0.920. The Morgan fingerprint density at radius 1 is 1.17 bits per heavy atom. The van der Waals surface area contributed by atoms with Crippen LogP contribution in [0.4, 0.5) is 0 Å². The number of rotatable bonds is 3. The number of likely N-dealkylation sites (tertiary alicyclic amines) is 1. The molecule has 0 bridgehead atoms. The molecule has 1 aromatic carbocycles. The van der Waals surface area contributed by atoms with Crippen molar-refractivity contribution in [3.05, 3.63) is 35.6 Å². The predicted octanol–water partition coefficient (Wildman–Crippen LogP) is 3.99. The van der Waals surface area contributed by atoms with E-state index in [-0.39, 0.29) is 12.4 Å². The monoisotopic (exact) mass is 334 g/mol. The van der Waals surface area contributed by atoms with Crippen LogP contribution in [0.5, 0.6) is 0 Å². The standard InChI is InChI=1S/C19H26N2O.ClH/c1-2-17-16(15-5-3-4-6-18(15)22-17)13-21-12-9-19(14-21)7-10-20-11-8-19;/h3-6,20H,2,7-14H2,1H3;1H. The minimum Gasteiger partial charge on any atom is -0.461 e. The topological polar surface area (TPSA) is 28.4 Å². The van der Waals surface area contributed by atoms with Crippen LogP contribution in [0, 0.1) is 5.41 Å². The highest BCUT2D eigenvalue weighted by molar-refractivity contribution is 5.85. The third-order valence-electron chi connectivity index (χ3n) is 5.67. The van der Waals surface area contributed by atoms with Gasteiger partial charge in [-0.3, -0.25) is 4.90 Å². The van der Waals surface area contributed by atoms with E-state index in [9.17, 15) is 0 Å². The van der Waals surface area contributed by atoms with E-state index in [0.717, 1.165) is 18.5 Å². The van der Waals surface area contributed by atoms with Crippen LogP contribution in [0.25, 0.3) is 11.0 Å². The van der Waals surface area contributed by atoms with Gasteiger partial charge in [0.25, 0.3) is 0 Å². The van der Waals surface area contributed by atoms with Crippen LogP contribution in [-0.2, 0) is 13.0 Å². The Balaban J connectivity index is 0.00000156. The number of aryl methyl sites for hydroxylation is 1. The van der Waals surface area contributed by atoms with Crippen LogP contribution in [0.1, 0.15) is 37.5 Å². The number of nitrogens with zero attached hydrogens (tertiary/aromatic N) is 1. The zero-order valence-electron chi connectivity index (χ0n) is 13.9. The third-order valence-corrected chi connectivity index (χ3v) is 5.67. The van der Waals surface area contributed by atoms with E-state index >= 15 is 0 Å². The van der Waals surface area contributed by atoms with Gasteiger partial charge < -0.3 is 9.73 Å². The van der Waals surface area contributed by atoms with E-state index in [1.807, 2.05) is 0 Å². The third kappa shape index (κ3) is 3.15. The average Bonchev–Trinajstić information content (AvgIpc) is 3.11. The van der Waals surface area contributed by atoms with E-state index in [2.05, 4.69) is 41.4 Å². The fraction of sp³-hybridized carbons (Fsp3) is 0.579. The van der Waals surface area contributed by atoms with Gasteiger partial charge in [-0.05, 0) is 50.4 Å². The second kappa shape index (κ2) is 6.84. The molecule has 4 rings (SSSR count). The molecule has 2 fully saturated rings. The van der Waals surface area contributed by atoms with Crippen LogP contribution < -0.4 is 5.32 Å². The summed E-state index contributed by atoms with van der Waals surface area (Å²) < 4.78 is 6.06. The summed E-state index contributed by atoms with van der Waals surface area (Å²) in [5, 5.41) is 4.82. The first-order valence-electron chi connectivity index (χ1n) is 8.72. The Labute approximate surface area is 144 Å². The molecule has 1 spiro atoms. The number of nitrogens with one attached hydrogen (secondary N) is 1. The maximum absolute atomic E-state index is 6.06. The number of halogens is 1. The molecular weight excluding hydrogens is 308 g/mol. The molecule has 3 heterocycles. The number of para-hydroxylation sites is 1. The first kappa shape index (κ1) is 16.8. The van der Waals surface area contributed by atoms with Gasteiger partial charge in [-0.2, -0.15) is 0 Å². The molecule has 0 saturated carbocycles. The molecule has 2 aromatic rings. The molecule has 0 radical (unpaired) electrons. The van der Waals surface area contributed by atoms with Crippen LogP contribution in [0.3, 0.4) is 0 Å². The molecule has 126 valence electrons. The van der Waals surface area contributed by atoms with E-state index in [0.29, 0.717) is 5.41 Å². The minimum absolute atomic E-state index is 0. The summed E-state index contributed by atoms with van der Waals surface area (Å²) in [4.78, 5) is 2.65. The highest BCUT2D eigenvalue weighted by Gasteiger charge is 2.39. The van der Waals surface area contributed by atoms with Crippen molar-refractivity contribution >= 4 is 23.4 Å². The lowest BCUT2D eigenvalue weighted by molar-refractivity contribution is 0.193. The minimum atomic E-state index is 0. The van der Waals surface area contributed by atoms with Crippen LogP contribution >= 0.6 is 12.4 Å². The Kier molecular flexibility index (Phi) is 5.00. The first-order chi connectivity index (χ1) is 10.8. The van der Waals surface area contributed by atoms with Crippen LogP contribution in [-0.4, -0.2) is 31.1 Å². The van der Waals surface area contributed by atoms with E-state index in [1.165, 1.54) is 62.2 Å². The normalized spacial score (nSPS) is 20.9. The molecule has 0 amide bonds. The highest BCUT2D eigenvalue weighted by atomic mass is 35.5. The number of furan rings is 1. The second-order valence-corrected chi connectivity index (χ2v) is 7.06. The van der Waals surface area contributed by atoms with E-state index < -0.39 is 0 Å². The summed E-state index contributed by atoms with van der Waals surface area (Å²) >= 11 is 0.